The Morgan fingerprint density at radius 3 is 2.61 bits per heavy atom. The lowest BCUT2D eigenvalue weighted by Crippen LogP contribution is -2.31. The zero-order valence-corrected chi connectivity index (χ0v) is 21.8. The van der Waals surface area contributed by atoms with Crippen LogP contribution in [0.5, 0.6) is 5.75 Å². The van der Waals surface area contributed by atoms with Gasteiger partial charge in [-0.3, -0.25) is 9.59 Å². The molecule has 184 valence electrons. The number of benzene rings is 3. The minimum Gasteiger partial charge on any atom is -0.494 e. The summed E-state index contributed by atoms with van der Waals surface area (Å²) in [6.07, 6.45) is 3.89. The van der Waals surface area contributed by atoms with E-state index in [0.717, 1.165) is 40.6 Å². The van der Waals surface area contributed by atoms with Gasteiger partial charge in [0.2, 0.25) is 5.76 Å². The lowest BCUT2D eigenvalue weighted by atomic mass is 9.98. The molecule has 1 aliphatic heterocycles. The number of halogens is 1. The summed E-state index contributed by atoms with van der Waals surface area (Å²) < 4.78 is 12.8. The largest absolute Gasteiger partial charge is 0.494 e. The van der Waals surface area contributed by atoms with E-state index >= 15 is 0 Å². The molecule has 0 saturated carbocycles. The number of rotatable bonds is 9. The van der Waals surface area contributed by atoms with Crippen LogP contribution < -0.4 is 10.2 Å². The third-order valence-corrected chi connectivity index (χ3v) is 7.10. The molecule has 1 aliphatic rings. The van der Waals surface area contributed by atoms with Gasteiger partial charge in [-0.25, -0.2) is 0 Å². The molecule has 5 rings (SSSR count). The lowest BCUT2D eigenvalue weighted by Gasteiger charge is -2.25. The summed E-state index contributed by atoms with van der Waals surface area (Å²) in [6, 6.07) is 22.5. The fraction of sp³-hybridized carbons (Fsp3) is 0.267. The number of amides is 1. The molecule has 0 radical (unpaired) electrons. The maximum Gasteiger partial charge on any atom is 0.290 e. The second-order valence-electron chi connectivity index (χ2n) is 9.08. The van der Waals surface area contributed by atoms with Crippen LogP contribution in [0.3, 0.4) is 0 Å². The van der Waals surface area contributed by atoms with Crippen molar-refractivity contribution in [1.29, 1.82) is 0 Å². The van der Waals surface area contributed by atoms with Gasteiger partial charge in [0, 0.05) is 11.0 Å². The average Bonchev–Trinajstić information content (AvgIpc) is 3.18. The standard InChI is InChI=1S/C30H28BrNO4/c1-2-3-7-17-35-23-12-8-11-21(18-23)27-26-28(33)24-19-22(31)13-14-25(24)36-29(26)30(34)32(27)16-15-20-9-5-4-6-10-20/h4-6,8-14,18-19,27H,2-3,7,15-17H2,1H3. The highest BCUT2D eigenvalue weighted by atomic mass is 79.9. The number of fused-ring (bicyclic) bond motifs is 2. The van der Waals surface area contributed by atoms with Crippen molar-refractivity contribution < 1.29 is 13.9 Å². The molecule has 6 heteroatoms. The number of hydrogen-bond acceptors (Lipinski definition) is 4. The molecule has 5 nitrogen and oxygen atoms in total. The number of carbonyl (C=O) groups excluding carboxylic acids is 1. The van der Waals surface area contributed by atoms with Gasteiger partial charge in [0.25, 0.3) is 5.91 Å². The second kappa shape index (κ2) is 10.7. The Kier molecular flexibility index (Phi) is 7.23. The van der Waals surface area contributed by atoms with Crippen molar-refractivity contribution >= 4 is 32.8 Å². The first-order valence-electron chi connectivity index (χ1n) is 12.4. The number of carbonyl (C=O) groups is 1. The van der Waals surface area contributed by atoms with Crippen molar-refractivity contribution in [3.05, 3.63) is 110 Å². The Labute approximate surface area is 218 Å². The fourth-order valence-corrected chi connectivity index (χ4v) is 5.14. The Hall–Kier alpha value is -3.38. The molecule has 2 heterocycles. The zero-order valence-electron chi connectivity index (χ0n) is 20.2. The Morgan fingerprint density at radius 1 is 0.972 bits per heavy atom. The number of nitrogens with zero attached hydrogens (tertiary/aromatic N) is 1. The number of ether oxygens (including phenoxy) is 1. The van der Waals surface area contributed by atoms with Crippen LogP contribution in [0.15, 0.2) is 86.5 Å². The second-order valence-corrected chi connectivity index (χ2v) is 9.99. The van der Waals surface area contributed by atoms with Gasteiger partial charge in [-0.2, -0.15) is 0 Å². The lowest BCUT2D eigenvalue weighted by molar-refractivity contribution is 0.0730. The Morgan fingerprint density at radius 2 is 1.81 bits per heavy atom. The van der Waals surface area contributed by atoms with Gasteiger partial charge >= 0.3 is 0 Å². The predicted molar refractivity (Wildman–Crippen MR) is 145 cm³/mol. The van der Waals surface area contributed by atoms with Gasteiger partial charge in [0.1, 0.15) is 11.3 Å². The smallest absolute Gasteiger partial charge is 0.290 e. The summed E-state index contributed by atoms with van der Waals surface area (Å²) in [6.45, 7) is 3.25. The normalized spacial score (nSPS) is 14.9. The van der Waals surface area contributed by atoms with Crippen LogP contribution in [0.25, 0.3) is 11.0 Å². The summed E-state index contributed by atoms with van der Waals surface area (Å²) in [5.41, 5.74) is 2.59. The molecular formula is C30H28BrNO4. The first kappa shape index (κ1) is 24.3. The van der Waals surface area contributed by atoms with Crippen LogP contribution in [0, 0.1) is 0 Å². The first-order chi connectivity index (χ1) is 17.6. The summed E-state index contributed by atoms with van der Waals surface area (Å²) in [4.78, 5) is 29.2. The molecule has 0 saturated heterocycles. The predicted octanol–water partition coefficient (Wildman–Crippen LogP) is 6.91. The third-order valence-electron chi connectivity index (χ3n) is 6.60. The minimum atomic E-state index is -0.546. The number of hydrogen-bond donors (Lipinski definition) is 0. The van der Waals surface area contributed by atoms with Crippen molar-refractivity contribution in [3.8, 4) is 5.75 Å². The third kappa shape index (κ3) is 4.82. The molecule has 1 aromatic heterocycles. The van der Waals surface area contributed by atoms with Gasteiger partial charge in [0.05, 0.1) is 23.6 Å². The van der Waals surface area contributed by atoms with Crippen molar-refractivity contribution in [1.82, 2.24) is 4.90 Å². The molecule has 0 aliphatic carbocycles. The van der Waals surface area contributed by atoms with E-state index in [1.54, 1.807) is 23.1 Å². The van der Waals surface area contributed by atoms with Crippen molar-refractivity contribution in [3.63, 3.8) is 0 Å². The minimum absolute atomic E-state index is 0.127. The van der Waals surface area contributed by atoms with E-state index in [1.165, 1.54) is 0 Å². The van der Waals surface area contributed by atoms with E-state index in [2.05, 4.69) is 22.9 Å². The average molecular weight is 546 g/mol. The van der Waals surface area contributed by atoms with Gasteiger partial charge in [-0.15, -0.1) is 0 Å². The van der Waals surface area contributed by atoms with Crippen LogP contribution in [0.2, 0.25) is 0 Å². The maximum atomic E-state index is 13.8. The zero-order chi connectivity index (χ0) is 25.1. The van der Waals surface area contributed by atoms with Crippen molar-refractivity contribution in [2.24, 2.45) is 0 Å². The van der Waals surface area contributed by atoms with E-state index in [4.69, 9.17) is 9.15 Å². The SMILES string of the molecule is CCCCCOc1cccc(C2c3c(oc4ccc(Br)cc4c3=O)C(=O)N2CCc2ccccc2)c1. The molecule has 0 spiro atoms. The molecule has 3 aromatic carbocycles. The fourth-order valence-electron chi connectivity index (χ4n) is 4.78. The number of unbranched alkanes of at least 4 members (excludes halogenated alkanes) is 2. The van der Waals surface area contributed by atoms with Crippen molar-refractivity contribution in [2.45, 2.75) is 38.6 Å². The molecule has 4 aromatic rings. The van der Waals surface area contributed by atoms with Crippen LogP contribution in [0.1, 0.15) is 59.5 Å². The summed E-state index contributed by atoms with van der Waals surface area (Å²) in [5, 5.41) is 0.456. The van der Waals surface area contributed by atoms with Crippen LogP contribution in [-0.4, -0.2) is 24.0 Å². The highest BCUT2D eigenvalue weighted by Crippen LogP contribution is 2.39. The molecule has 1 unspecified atom stereocenters. The summed E-state index contributed by atoms with van der Waals surface area (Å²) >= 11 is 3.45. The van der Waals surface area contributed by atoms with Crippen LogP contribution in [-0.2, 0) is 6.42 Å². The maximum absolute atomic E-state index is 13.8. The molecule has 36 heavy (non-hydrogen) atoms. The molecule has 0 fully saturated rings. The highest BCUT2D eigenvalue weighted by molar-refractivity contribution is 9.10. The summed E-state index contributed by atoms with van der Waals surface area (Å²) in [7, 11) is 0. The Balaban J connectivity index is 1.57. The van der Waals surface area contributed by atoms with E-state index < -0.39 is 6.04 Å². The van der Waals surface area contributed by atoms with E-state index in [0.29, 0.717) is 36.1 Å². The topological polar surface area (TPSA) is 59.8 Å². The monoisotopic (exact) mass is 545 g/mol. The van der Waals surface area contributed by atoms with E-state index in [-0.39, 0.29) is 17.1 Å². The molecule has 1 amide bonds. The Bertz CT molecular complexity index is 1450. The first-order valence-corrected chi connectivity index (χ1v) is 13.2. The van der Waals surface area contributed by atoms with Gasteiger partial charge in [0.15, 0.2) is 5.43 Å². The molecule has 1 atom stereocenters. The van der Waals surface area contributed by atoms with E-state index in [9.17, 15) is 9.59 Å². The molecular weight excluding hydrogens is 518 g/mol. The van der Waals surface area contributed by atoms with Gasteiger partial charge in [-0.1, -0.05) is 78.2 Å². The molecule has 0 N–H and O–H groups in total. The van der Waals surface area contributed by atoms with Gasteiger partial charge in [-0.05, 0) is 54.3 Å². The van der Waals surface area contributed by atoms with Crippen molar-refractivity contribution in [2.75, 3.05) is 13.2 Å². The van der Waals surface area contributed by atoms with Crippen LogP contribution in [0.4, 0.5) is 0 Å². The van der Waals surface area contributed by atoms with Crippen LogP contribution >= 0.6 is 15.9 Å². The summed E-state index contributed by atoms with van der Waals surface area (Å²) in [5.74, 6) is 0.602. The highest BCUT2D eigenvalue weighted by Gasteiger charge is 2.42. The molecule has 0 bridgehead atoms. The quantitative estimate of drug-likeness (QED) is 0.214. The van der Waals surface area contributed by atoms with E-state index in [1.807, 2.05) is 54.6 Å². The van der Waals surface area contributed by atoms with Gasteiger partial charge < -0.3 is 14.1 Å².